The molecule has 0 fully saturated rings. The molecule has 0 spiro atoms. The Morgan fingerprint density at radius 2 is 1.83 bits per heavy atom. The molecule has 1 atom stereocenters. The van der Waals surface area contributed by atoms with Gasteiger partial charge in [0.15, 0.2) is 5.78 Å². The number of aryl methyl sites for hydroxylation is 1. The third kappa shape index (κ3) is 4.91. The smallest absolute Gasteiger partial charge is 0.220 e. The number of carbonyl (C=O) groups excluding carboxylic acids is 2. The molecule has 0 saturated heterocycles. The standard InChI is InChI=1S/C19H22N2O3/c1-13-4-5-16(12-20-13)14(2)21-19(23)11-10-18(22)15-6-8-17(24-3)9-7-15/h4-9,12,14H,10-11H2,1-3H3,(H,21,23). The van der Waals surface area contributed by atoms with Crippen LogP contribution in [0.3, 0.4) is 0 Å². The van der Waals surface area contributed by atoms with Crippen molar-refractivity contribution in [2.45, 2.75) is 32.7 Å². The van der Waals surface area contributed by atoms with Gasteiger partial charge in [0.2, 0.25) is 5.91 Å². The summed E-state index contributed by atoms with van der Waals surface area (Å²) in [5, 5.41) is 2.89. The highest BCUT2D eigenvalue weighted by Gasteiger charge is 2.13. The monoisotopic (exact) mass is 326 g/mol. The number of nitrogens with one attached hydrogen (secondary N) is 1. The Labute approximate surface area is 142 Å². The van der Waals surface area contributed by atoms with Crippen molar-refractivity contribution >= 4 is 11.7 Å². The molecule has 1 amide bonds. The summed E-state index contributed by atoms with van der Waals surface area (Å²) in [6, 6.07) is 10.6. The number of benzene rings is 1. The Balaban J connectivity index is 1.83. The van der Waals surface area contributed by atoms with Gasteiger partial charge in [0.1, 0.15) is 5.75 Å². The van der Waals surface area contributed by atoms with E-state index in [1.807, 2.05) is 26.0 Å². The lowest BCUT2D eigenvalue weighted by Gasteiger charge is -2.14. The fourth-order valence-electron chi connectivity index (χ4n) is 2.28. The summed E-state index contributed by atoms with van der Waals surface area (Å²) in [5.74, 6) is 0.493. The van der Waals surface area contributed by atoms with Gasteiger partial charge in [-0.05, 0) is 49.7 Å². The van der Waals surface area contributed by atoms with Crippen LogP contribution in [0.5, 0.6) is 5.75 Å². The molecule has 24 heavy (non-hydrogen) atoms. The number of rotatable bonds is 7. The van der Waals surface area contributed by atoms with E-state index in [9.17, 15) is 9.59 Å². The first-order valence-electron chi connectivity index (χ1n) is 7.88. The summed E-state index contributed by atoms with van der Waals surface area (Å²) in [6.07, 6.45) is 2.09. The van der Waals surface area contributed by atoms with Gasteiger partial charge < -0.3 is 10.1 Å². The molecule has 0 saturated carbocycles. The van der Waals surface area contributed by atoms with Crippen molar-refractivity contribution in [3.63, 3.8) is 0 Å². The number of carbonyl (C=O) groups is 2. The second kappa shape index (κ2) is 8.24. The Morgan fingerprint density at radius 1 is 1.12 bits per heavy atom. The zero-order valence-electron chi connectivity index (χ0n) is 14.2. The summed E-state index contributed by atoms with van der Waals surface area (Å²) in [4.78, 5) is 28.4. The molecule has 1 aromatic heterocycles. The average molecular weight is 326 g/mol. The van der Waals surface area contributed by atoms with Gasteiger partial charge >= 0.3 is 0 Å². The summed E-state index contributed by atoms with van der Waals surface area (Å²) in [7, 11) is 1.58. The number of pyridine rings is 1. The number of amides is 1. The van der Waals surface area contributed by atoms with Crippen LogP contribution in [0.1, 0.15) is 47.4 Å². The van der Waals surface area contributed by atoms with Crippen LogP contribution in [-0.2, 0) is 4.79 Å². The van der Waals surface area contributed by atoms with Gasteiger partial charge in [-0.2, -0.15) is 0 Å². The highest BCUT2D eigenvalue weighted by Crippen LogP contribution is 2.14. The number of methoxy groups -OCH3 is 1. The van der Waals surface area contributed by atoms with Crippen LogP contribution < -0.4 is 10.1 Å². The fraction of sp³-hybridized carbons (Fsp3) is 0.316. The van der Waals surface area contributed by atoms with E-state index in [2.05, 4.69) is 10.3 Å². The van der Waals surface area contributed by atoms with Gasteiger partial charge in [-0.3, -0.25) is 14.6 Å². The molecule has 0 aliphatic heterocycles. The lowest BCUT2D eigenvalue weighted by molar-refractivity contribution is -0.121. The van der Waals surface area contributed by atoms with Crippen molar-refractivity contribution in [3.05, 3.63) is 59.4 Å². The summed E-state index contributed by atoms with van der Waals surface area (Å²) < 4.78 is 5.06. The maximum Gasteiger partial charge on any atom is 0.220 e. The number of hydrogen-bond acceptors (Lipinski definition) is 4. The van der Waals surface area contributed by atoms with Crippen molar-refractivity contribution < 1.29 is 14.3 Å². The molecule has 1 N–H and O–H groups in total. The SMILES string of the molecule is COc1ccc(C(=O)CCC(=O)NC(C)c2ccc(C)nc2)cc1. The largest absolute Gasteiger partial charge is 0.497 e. The molecular formula is C19H22N2O3. The zero-order valence-corrected chi connectivity index (χ0v) is 14.2. The predicted molar refractivity (Wildman–Crippen MR) is 92.1 cm³/mol. The molecule has 126 valence electrons. The quantitative estimate of drug-likeness (QED) is 0.793. The minimum Gasteiger partial charge on any atom is -0.497 e. The molecule has 1 heterocycles. The van der Waals surface area contributed by atoms with E-state index < -0.39 is 0 Å². The van der Waals surface area contributed by atoms with Gasteiger partial charge in [0.05, 0.1) is 13.2 Å². The van der Waals surface area contributed by atoms with Crippen LogP contribution in [0.25, 0.3) is 0 Å². The van der Waals surface area contributed by atoms with Crippen molar-refractivity contribution in [1.29, 1.82) is 0 Å². The van der Waals surface area contributed by atoms with E-state index in [0.717, 1.165) is 11.3 Å². The first kappa shape index (κ1) is 17.7. The fourth-order valence-corrected chi connectivity index (χ4v) is 2.28. The molecule has 2 aromatic rings. The van der Waals surface area contributed by atoms with Crippen molar-refractivity contribution in [2.24, 2.45) is 0 Å². The zero-order chi connectivity index (χ0) is 17.5. The molecule has 5 heteroatoms. The van der Waals surface area contributed by atoms with Gasteiger partial charge in [0, 0.05) is 30.3 Å². The van der Waals surface area contributed by atoms with E-state index in [1.165, 1.54) is 0 Å². The average Bonchev–Trinajstić information content (AvgIpc) is 2.60. The first-order chi connectivity index (χ1) is 11.5. The Hall–Kier alpha value is -2.69. The van der Waals surface area contributed by atoms with Crippen LogP contribution in [0, 0.1) is 6.92 Å². The van der Waals surface area contributed by atoms with Crippen LogP contribution >= 0.6 is 0 Å². The number of ketones is 1. The molecular weight excluding hydrogens is 304 g/mol. The van der Waals surface area contributed by atoms with Crippen molar-refractivity contribution in [3.8, 4) is 5.75 Å². The number of nitrogens with zero attached hydrogens (tertiary/aromatic N) is 1. The number of aromatic nitrogens is 1. The minimum atomic E-state index is -0.148. The van der Waals surface area contributed by atoms with Crippen LogP contribution in [0.2, 0.25) is 0 Å². The highest BCUT2D eigenvalue weighted by molar-refractivity contribution is 5.98. The normalized spacial score (nSPS) is 11.6. The van der Waals surface area contributed by atoms with E-state index in [4.69, 9.17) is 4.74 Å². The summed E-state index contributed by atoms with van der Waals surface area (Å²) in [5.41, 5.74) is 2.46. The minimum absolute atomic E-state index is 0.0579. The predicted octanol–water partition coefficient (Wildman–Crippen LogP) is 3.24. The van der Waals surface area contributed by atoms with Gasteiger partial charge in [0.25, 0.3) is 0 Å². The number of hydrogen-bond donors (Lipinski definition) is 1. The second-order valence-electron chi connectivity index (χ2n) is 5.67. The van der Waals surface area contributed by atoms with Gasteiger partial charge in [-0.25, -0.2) is 0 Å². The van der Waals surface area contributed by atoms with E-state index in [0.29, 0.717) is 11.3 Å². The molecule has 0 aliphatic carbocycles. The summed E-state index contributed by atoms with van der Waals surface area (Å²) >= 11 is 0. The van der Waals surface area contributed by atoms with Crippen molar-refractivity contribution in [1.82, 2.24) is 10.3 Å². The molecule has 0 bridgehead atoms. The third-order valence-electron chi connectivity index (χ3n) is 3.80. The third-order valence-corrected chi connectivity index (χ3v) is 3.80. The van der Waals surface area contributed by atoms with Crippen molar-refractivity contribution in [2.75, 3.05) is 7.11 Å². The lowest BCUT2D eigenvalue weighted by atomic mass is 10.1. The highest BCUT2D eigenvalue weighted by atomic mass is 16.5. The van der Waals surface area contributed by atoms with Crippen LogP contribution in [-0.4, -0.2) is 23.8 Å². The number of ether oxygens (including phenoxy) is 1. The summed E-state index contributed by atoms with van der Waals surface area (Å²) in [6.45, 7) is 3.81. The van der Waals surface area contributed by atoms with E-state index in [1.54, 1.807) is 37.6 Å². The topological polar surface area (TPSA) is 68.3 Å². The van der Waals surface area contributed by atoms with Crippen LogP contribution in [0.15, 0.2) is 42.6 Å². The first-order valence-corrected chi connectivity index (χ1v) is 7.88. The molecule has 5 nitrogen and oxygen atoms in total. The maximum atomic E-state index is 12.1. The van der Waals surface area contributed by atoms with Crippen LogP contribution in [0.4, 0.5) is 0 Å². The molecule has 2 rings (SSSR count). The Kier molecular flexibility index (Phi) is 6.07. The Bertz CT molecular complexity index is 694. The van der Waals surface area contributed by atoms with E-state index in [-0.39, 0.29) is 30.6 Å². The molecule has 1 aromatic carbocycles. The number of Topliss-reactive ketones (excluding diaryl/α,β-unsaturated/α-hetero) is 1. The van der Waals surface area contributed by atoms with Gasteiger partial charge in [-0.1, -0.05) is 6.07 Å². The molecule has 0 aliphatic rings. The molecule has 0 radical (unpaired) electrons. The molecule has 1 unspecified atom stereocenters. The lowest BCUT2D eigenvalue weighted by Crippen LogP contribution is -2.27. The maximum absolute atomic E-state index is 12.1. The second-order valence-corrected chi connectivity index (χ2v) is 5.67. The van der Waals surface area contributed by atoms with Gasteiger partial charge in [-0.15, -0.1) is 0 Å². The van der Waals surface area contributed by atoms with E-state index >= 15 is 0 Å². The Morgan fingerprint density at radius 3 is 2.42 bits per heavy atom.